The van der Waals surface area contributed by atoms with Gasteiger partial charge in [0.25, 0.3) is 0 Å². The maximum Gasteiger partial charge on any atom is 0.193 e. The molecule has 1 aliphatic carbocycles. The van der Waals surface area contributed by atoms with Gasteiger partial charge in [-0.1, -0.05) is 12.1 Å². The molecule has 0 amide bonds. The predicted octanol–water partition coefficient (Wildman–Crippen LogP) is 3.52. The fourth-order valence-corrected chi connectivity index (χ4v) is 3.15. The highest BCUT2D eigenvalue weighted by molar-refractivity contribution is 14.0. The van der Waals surface area contributed by atoms with Gasteiger partial charge in [0.1, 0.15) is 5.82 Å². The van der Waals surface area contributed by atoms with Crippen LogP contribution in [-0.2, 0) is 19.0 Å². The predicted molar refractivity (Wildman–Crippen MR) is 111 cm³/mol. The summed E-state index contributed by atoms with van der Waals surface area (Å²) in [6.45, 7) is 1.57. The molecule has 0 radical (unpaired) electrons. The Labute approximate surface area is 166 Å². The van der Waals surface area contributed by atoms with E-state index in [2.05, 4.69) is 25.8 Å². The van der Waals surface area contributed by atoms with Crippen LogP contribution in [0.5, 0.6) is 0 Å². The van der Waals surface area contributed by atoms with Crippen molar-refractivity contribution < 1.29 is 4.39 Å². The van der Waals surface area contributed by atoms with E-state index in [0.717, 1.165) is 37.5 Å². The zero-order valence-corrected chi connectivity index (χ0v) is 17.3. The Balaban J connectivity index is 0.00000225. The third-order valence-electron chi connectivity index (χ3n) is 4.90. The zero-order valence-electron chi connectivity index (χ0n) is 15.0. The highest BCUT2D eigenvalue weighted by atomic mass is 127. The van der Waals surface area contributed by atoms with E-state index < -0.39 is 0 Å². The molecule has 2 aromatic rings. The second kappa shape index (κ2) is 8.21. The molecule has 1 heterocycles. The summed E-state index contributed by atoms with van der Waals surface area (Å²) in [7, 11) is 5.87. The average Bonchev–Trinajstić information content (AvgIpc) is 3.26. The van der Waals surface area contributed by atoms with E-state index in [0.29, 0.717) is 0 Å². The molecule has 4 nitrogen and oxygen atoms in total. The summed E-state index contributed by atoms with van der Waals surface area (Å²) >= 11 is 0. The van der Waals surface area contributed by atoms with Crippen LogP contribution in [0.15, 0.2) is 47.6 Å². The van der Waals surface area contributed by atoms with Crippen molar-refractivity contribution in [3.63, 3.8) is 0 Å². The fraction of sp³-hybridized carbons (Fsp3) is 0.421. The van der Waals surface area contributed by atoms with Gasteiger partial charge in [-0.25, -0.2) is 4.39 Å². The van der Waals surface area contributed by atoms with E-state index in [9.17, 15) is 4.39 Å². The van der Waals surface area contributed by atoms with E-state index in [4.69, 9.17) is 0 Å². The Morgan fingerprint density at radius 3 is 2.64 bits per heavy atom. The number of nitrogens with one attached hydrogen (secondary N) is 1. The first-order chi connectivity index (χ1) is 11.5. The maximum atomic E-state index is 13.5. The van der Waals surface area contributed by atoms with Crippen LogP contribution >= 0.6 is 24.0 Å². The van der Waals surface area contributed by atoms with E-state index in [1.165, 1.54) is 11.8 Å². The molecule has 6 heteroatoms. The largest absolute Gasteiger partial charge is 0.355 e. The molecule has 0 spiro atoms. The zero-order chi connectivity index (χ0) is 17.2. The number of guanidine groups is 1. The minimum atomic E-state index is -0.163. The van der Waals surface area contributed by atoms with Crippen LogP contribution < -0.4 is 5.32 Å². The van der Waals surface area contributed by atoms with Crippen molar-refractivity contribution in [2.24, 2.45) is 12.0 Å². The van der Waals surface area contributed by atoms with Gasteiger partial charge < -0.3 is 14.8 Å². The monoisotopic (exact) mass is 456 g/mol. The lowest BCUT2D eigenvalue weighted by atomic mass is 9.96. The van der Waals surface area contributed by atoms with Crippen LogP contribution in [0.25, 0.3) is 0 Å². The molecule has 0 aliphatic heterocycles. The highest BCUT2D eigenvalue weighted by Crippen LogP contribution is 2.47. The second-order valence-corrected chi connectivity index (χ2v) is 6.66. The van der Waals surface area contributed by atoms with Crippen molar-refractivity contribution >= 4 is 29.9 Å². The lowest BCUT2D eigenvalue weighted by molar-refractivity contribution is 0.456. The number of nitrogens with zero attached hydrogens (tertiary/aromatic N) is 3. The van der Waals surface area contributed by atoms with E-state index >= 15 is 0 Å². The standard InChI is InChI=1S/C19H25FN4.HI/c1-21-18(24(3)13-17-8-5-11-23(17)2)22-14-19(9-10-19)15-6-4-7-16(20)12-15;/h4-8,11-12H,9-10,13-14H2,1-3H3,(H,21,22);1H. The average molecular weight is 456 g/mol. The van der Waals surface area contributed by atoms with E-state index in [-0.39, 0.29) is 35.2 Å². The molecule has 25 heavy (non-hydrogen) atoms. The molecule has 1 N–H and O–H groups in total. The minimum Gasteiger partial charge on any atom is -0.355 e. The van der Waals surface area contributed by atoms with Crippen LogP contribution in [0.4, 0.5) is 4.39 Å². The lowest BCUT2D eigenvalue weighted by Crippen LogP contribution is -2.42. The summed E-state index contributed by atoms with van der Waals surface area (Å²) in [5.74, 6) is 0.697. The summed E-state index contributed by atoms with van der Waals surface area (Å²) in [4.78, 5) is 6.50. The number of aryl methyl sites for hydroxylation is 1. The number of hydrogen-bond donors (Lipinski definition) is 1. The summed E-state index contributed by atoms with van der Waals surface area (Å²) in [5, 5.41) is 3.47. The molecule has 1 aromatic heterocycles. The van der Waals surface area contributed by atoms with Crippen LogP contribution in [0, 0.1) is 5.82 Å². The number of aliphatic imine (C=N–C) groups is 1. The van der Waals surface area contributed by atoms with Crippen LogP contribution in [0.3, 0.4) is 0 Å². The molecule has 0 bridgehead atoms. The number of hydrogen-bond acceptors (Lipinski definition) is 1. The quantitative estimate of drug-likeness (QED) is 0.425. The molecule has 1 fully saturated rings. The van der Waals surface area contributed by atoms with E-state index in [1.807, 2.05) is 32.4 Å². The Hall–Kier alpha value is -1.57. The normalized spacial score (nSPS) is 15.4. The summed E-state index contributed by atoms with van der Waals surface area (Å²) in [6.07, 6.45) is 4.21. The third kappa shape index (κ3) is 4.54. The van der Waals surface area contributed by atoms with Gasteiger partial charge in [0, 0.05) is 45.0 Å². The van der Waals surface area contributed by atoms with Crippen LogP contribution in [-0.4, -0.2) is 36.1 Å². The lowest BCUT2D eigenvalue weighted by Gasteiger charge is -2.25. The van der Waals surface area contributed by atoms with Crippen molar-refractivity contribution in [3.05, 3.63) is 59.7 Å². The van der Waals surface area contributed by atoms with Crippen LogP contribution in [0.2, 0.25) is 0 Å². The molecule has 1 aromatic carbocycles. The van der Waals surface area contributed by atoms with Gasteiger partial charge in [-0.05, 0) is 42.7 Å². The first-order valence-electron chi connectivity index (χ1n) is 8.32. The van der Waals surface area contributed by atoms with Gasteiger partial charge in [0.15, 0.2) is 5.96 Å². The van der Waals surface area contributed by atoms with Gasteiger partial charge in [-0.3, -0.25) is 4.99 Å². The van der Waals surface area contributed by atoms with Crippen molar-refractivity contribution in [1.29, 1.82) is 0 Å². The SMILES string of the molecule is CN=C(NCC1(c2cccc(F)c2)CC1)N(C)Cc1cccn1C.I. The molecule has 3 rings (SSSR count). The summed E-state index contributed by atoms with van der Waals surface area (Å²) in [5.41, 5.74) is 2.35. The Kier molecular flexibility index (Phi) is 6.48. The number of benzene rings is 1. The molecule has 0 saturated heterocycles. The van der Waals surface area contributed by atoms with E-state index in [1.54, 1.807) is 19.2 Å². The number of rotatable bonds is 5. The molecule has 1 aliphatic rings. The first-order valence-corrected chi connectivity index (χ1v) is 8.32. The molecule has 0 unspecified atom stereocenters. The topological polar surface area (TPSA) is 32.6 Å². The van der Waals surface area contributed by atoms with Gasteiger partial charge in [-0.15, -0.1) is 24.0 Å². The van der Waals surface area contributed by atoms with Gasteiger partial charge in [-0.2, -0.15) is 0 Å². The van der Waals surface area contributed by atoms with Crippen molar-refractivity contribution in [2.45, 2.75) is 24.8 Å². The minimum absolute atomic E-state index is 0. The summed E-state index contributed by atoms with van der Waals surface area (Å²) < 4.78 is 15.6. The number of aromatic nitrogens is 1. The molecule has 0 atom stereocenters. The molecule has 1 saturated carbocycles. The first kappa shape index (κ1) is 19.8. The van der Waals surface area contributed by atoms with Crippen LogP contribution in [0.1, 0.15) is 24.1 Å². The van der Waals surface area contributed by atoms with Gasteiger partial charge in [0.2, 0.25) is 0 Å². The molecular formula is C19H26FIN4. The van der Waals surface area contributed by atoms with Crippen molar-refractivity contribution in [2.75, 3.05) is 20.6 Å². The molecule has 136 valence electrons. The third-order valence-corrected chi connectivity index (χ3v) is 4.90. The Morgan fingerprint density at radius 1 is 1.32 bits per heavy atom. The molecular weight excluding hydrogens is 430 g/mol. The Morgan fingerprint density at radius 2 is 2.08 bits per heavy atom. The maximum absolute atomic E-state index is 13.5. The Bertz CT molecular complexity index is 737. The van der Waals surface area contributed by atoms with Gasteiger partial charge in [0.05, 0.1) is 6.54 Å². The smallest absolute Gasteiger partial charge is 0.193 e. The highest BCUT2D eigenvalue weighted by Gasteiger charge is 2.44. The van der Waals surface area contributed by atoms with Crippen molar-refractivity contribution in [3.8, 4) is 0 Å². The second-order valence-electron chi connectivity index (χ2n) is 6.66. The van der Waals surface area contributed by atoms with Crippen molar-refractivity contribution in [1.82, 2.24) is 14.8 Å². The number of halogens is 2. The summed E-state index contributed by atoms with van der Waals surface area (Å²) in [6, 6.07) is 11.1. The fourth-order valence-electron chi connectivity index (χ4n) is 3.15. The van der Waals surface area contributed by atoms with Gasteiger partial charge >= 0.3 is 0 Å².